The molecule has 1 heterocycles. The first-order valence-electron chi connectivity index (χ1n) is 8.00. The predicted molar refractivity (Wildman–Crippen MR) is 97.1 cm³/mol. The number of hydrogen-bond acceptors (Lipinski definition) is 3. The summed E-state index contributed by atoms with van der Waals surface area (Å²) in [4.78, 5) is 15.9. The third-order valence-corrected chi connectivity index (χ3v) is 5.68. The van der Waals surface area contributed by atoms with Gasteiger partial charge in [0, 0.05) is 29.9 Å². The molecule has 0 saturated carbocycles. The fourth-order valence-electron chi connectivity index (χ4n) is 2.84. The van der Waals surface area contributed by atoms with Crippen LogP contribution in [0.25, 0.3) is 0 Å². The highest BCUT2D eigenvalue weighted by molar-refractivity contribution is 7.10. The standard InChI is InChI=1S/C17H28N2OS.ClH/c1-11(2)15(18)7-8-19(4)17(20)14-10-21-16-9-12(3)5-6-13(14)16;/h10-12,15H,5-9,18H2,1-4H3;1H. The van der Waals surface area contributed by atoms with Crippen LogP contribution >= 0.6 is 23.7 Å². The van der Waals surface area contributed by atoms with E-state index in [0.717, 1.165) is 37.3 Å². The van der Waals surface area contributed by atoms with Crippen LogP contribution in [0.2, 0.25) is 0 Å². The highest BCUT2D eigenvalue weighted by atomic mass is 35.5. The molecule has 2 atom stereocenters. The number of nitrogens with two attached hydrogens (primary N) is 1. The van der Waals surface area contributed by atoms with Crippen LogP contribution in [0, 0.1) is 11.8 Å². The van der Waals surface area contributed by atoms with Crippen LogP contribution in [0.5, 0.6) is 0 Å². The lowest BCUT2D eigenvalue weighted by Crippen LogP contribution is -2.35. The van der Waals surface area contributed by atoms with Crippen LogP contribution in [0.3, 0.4) is 0 Å². The van der Waals surface area contributed by atoms with Crippen LogP contribution in [0.15, 0.2) is 5.38 Å². The quantitative estimate of drug-likeness (QED) is 0.884. The maximum absolute atomic E-state index is 12.6. The van der Waals surface area contributed by atoms with Gasteiger partial charge in [0.2, 0.25) is 0 Å². The Hall–Kier alpha value is -0.580. The van der Waals surface area contributed by atoms with E-state index in [1.54, 1.807) is 11.3 Å². The summed E-state index contributed by atoms with van der Waals surface area (Å²) in [5.41, 5.74) is 8.32. The van der Waals surface area contributed by atoms with Crippen molar-refractivity contribution in [2.75, 3.05) is 13.6 Å². The highest BCUT2D eigenvalue weighted by Crippen LogP contribution is 2.33. The Labute approximate surface area is 144 Å². The average Bonchev–Trinajstić information content (AvgIpc) is 2.86. The number of carbonyl (C=O) groups excluding carboxylic acids is 1. The van der Waals surface area contributed by atoms with Gasteiger partial charge < -0.3 is 10.6 Å². The number of halogens is 1. The van der Waals surface area contributed by atoms with Crippen molar-refractivity contribution in [2.45, 2.75) is 52.5 Å². The van der Waals surface area contributed by atoms with E-state index in [2.05, 4.69) is 26.2 Å². The number of thiophene rings is 1. The Morgan fingerprint density at radius 2 is 2.18 bits per heavy atom. The molecule has 1 aromatic heterocycles. The Morgan fingerprint density at radius 3 is 2.82 bits per heavy atom. The zero-order valence-electron chi connectivity index (χ0n) is 14.1. The van der Waals surface area contributed by atoms with Gasteiger partial charge in [0.15, 0.2) is 0 Å². The Bertz CT molecular complexity index is 501. The number of carbonyl (C=O) groups is 1. The van der Waals surface area contributed by atoms with Gasteiger partial charge in [-0.1, -0.05) is 20.8 Å². The Kier molecular flexibility index (Phi) is 7.36. The molecule has 2 unspecified atom stereocenters. The molecule has 1 aromatic rings. The van der Waals surface area contributed by atoms with Gasteiger partial charge in [-0.3, -0.25) is 4.79 Å². The van der Waals surface area contributed by atoms with Crippen molar-refractivity contribution in [1.29, 1.82) is 0 Å². The topological polar surface area (TPSA) is 46.3 Å². The minimum Gasteiger partial charge on any atom is -0.342 e. The van der Waals surface area contributed by atoms with Gasteiger partial charge in [-0.15, -0.1) is 23.7 Å². The molecule has 0 bridgehead atoms. The lowest BCUT2D eigenvalue weighted by molar-refractivity contribution is 0.0788. The molecule has 22 heavy (non-hydrogen) atoms. The highest BCUT2D eigenvalue weighted by Gasteiger charge is 2.25. The van der Waals surface area contributed by atoms with Crippen molar-refractivity contribution in [1.82, 2.24) is 4.90 Å². The van der Waals surface area contributed by atoms with E-state index < -0.39 is 0 Å². The van der Waals surface area contributed by atoms with Gasteiger partial charge in [0.1, 0.15) is 0 Å². The predicted octanol–water partition coefficient (Wildman–Crippen LogP) is 3.74. The summed E-state index contributed by atoms with van der Waals surface area (Å²) in [5, 5.41) is 2.06. The van der Waals surface area contributed by atoms with Crippen LogP contribution in [-0.2, 0) is 12.8 Å². The molecule has 0 aliphatic heterocycles. The Morgan fingerprint density at radius 1 is 1.50 bits per heavy atom. The first kappa shape index (κ1) is 19.5. The number of rotatable bonds is 5. The number of hydrogen-bond donors (Lipinski definition) is 1. The van der Waals surface area contributed by atoms with E-state index in [9.17, 15) is 4.79 Å². The van der Waals surface area contributed by atoms with Gasteiger partial charge in [-0.25, -0.2) is 0 Å². The molecule has 0 saturated heterocycles. The second-order valence-corrected chi connectivity index (χ2v) is 7.79. The lowest BCUT2D eigenvalue weighted by Gasteiger charge is -2.23. The van der Waals surface area contributed by atoms with Crippen molar-refractivity contribution in [3.8, 4) is 0 Å². The number of fused-ring (bicyclic) bond motifs is 1. The molecule has 0 radical (unpaired) electrons. The smallest absolute Gasteiger partial charge is 0.254 e. The molecular weight excluding hydrogens is 316 g/mol. The van der Waals surface area contributed by atoms with Crippen LogP contribution < -0.4 is 5.73 Å². The fourth-order valence-corrected chi connectivity index (χ4v) is 4.08. The van der Waals surface area contributed by atoms with E-state index in [1.165, 1.54) is 16.9 Å². The average molecular weight is 345 g/mol. The minimum absolute atomic E-state index is 0. The summed E-state index contributed by atoms with van der Waals surface area (Å²) < 4.78 is 0. The summed E-state index contributed by atoms with van der Waals surface area (Å²) in [6.07, 6.45) is 4.25. The molecule has 0 spiro atoms. The second kappa shape index (κ2) is 8.32. The molecule has 3 nitrogen and oxygen atoms in total. The maximum atomic E-state index is 12.6. The third kappa shape index (κ3) is 4.46. The molecular formula is C17H29ClN2OS. The largest absolute Gasteiger partial charge is 0.342 e. The van der Waals surface area contributed by atoms with E-state index in [1.807, 2.05) is 11.9 Å². The SMILES string of the molecule is CC1CCc2c(C(=O)N(C)CCC(N)C(C)C)csc2C1.Cl. The van der Waals surface area contributed by atoms with Crippen molar-refractivity contribution < 1.29 is 4.79 Å². The summed E-state index contributed by atoms with van der Waals surface area (Å²) in [7, 11) is 1.89. The first-order valence-corrected chi connectivity index (χ1v) is 8.88. The van der Waals surface area contributed by atoms with Crippen LogP contribution in [0.1, 0.15) is 54.4 Å². The zero-order valence-corrected chi connectivity index (χ0v) is 15.7. The van der Waals surface area contributed by atoms with Gasteiger partial charge in [0.05, 0.1) is 5.56 Å². The van der Waals surface area contributed by atoms with Crippen molar-refractivity contribution in [3.05, 3.63) is 21.4 Å². The molecule has 126 valence electrons. The van der Waals surface area contributed by atoms with Crippen LogP contribution in [0.4, 0.5) is 0 Å². The zero-order chi connectivity index (χ0) is 15.6. The number of nitrogens with zero attached hydrogens (tertiary/aromatic N) is 1. The van der Waals surface area contributed by atoms with Crippen molar-refractivity contribution in [3.63, 3.8) is 0 Å². The minimum atomic E-state index is 0. The van der Waals surface area contributed by atoms with Crippen LogP contribution in [-0.4, -0.2) is 30.4 Å². The van der Waals surface area contributed by atoms with Gasteiger partial charge >= 0.3 is 0 Å². The molecule has 1 aliphatic rings. The van der Waals surface area contributed by atoms with E-state index in [4.69, 9.17) is 5.73 Å². The summed E-state index contributed by atoms with van der Waals surface area (Å²) in [5.74, 6) is 1.38. The molecule has 5 heteroatoms. The molecule has 1 aliphatic carbocycles. The second-order valence-electron chi connectivity index (χ2n) is 6.82. The van der Waals surface area contributed by atoms with E-state index in [-0.39, 0.29) is 24.4 Å². The normalized spacial score (nSPS) is 18.5. The lowest BCUT2D eigenvalue weighted by atomic mass is 9.88. The third-order valence-electron chi connectivity index (χ3n) is 4.63. The van der Waals surface area contributed by atoms with Crippen molar-refractivity contribution >= 4 is 29.7 Å². The molecule has 2 rings (SSSR count). The van der Waals surface area contributed by atoms with E-state index in [0.29, 0.717) is 5.92 Å². The molecule has 1 amide bonds. The van der Waals surface area contributed by atoms with Gasteiger partial charge in [-0.2, -0.15) is 0 Å². The van der Waals surface area contributed by atoms with Gasteiger partial charge in [0.25, 0.3) is 5.91 Å². The maximum Gasteiger partial charge on any atom is 0.254 e. The van der Waals surface area contributed by atoms with Gasteiger partial charge in [-0.05, 0) is 43.1 Å². The monoisotopic (exact) mass is 344 g/mol. The number of amides is 1. The molecule has 2 N–H and O–H groups in total. The summed E-state index contributed by atoms with van der Waals surface area (Å²) >= 11 is 1.76. The Balaban J connectivity index is 0.00000242. The van der Waals surface area contributed by atoms with Crippen molar-refractivity contribution in [2.24, 2.45) is 17.6 Å². The fraction of sp³-hybridized carbons (Fsp3) is 0.706. The summed E-state index contributed by atoms with van der Waals surface area (Å²) in [6.45, 7) is 7.29. The molecule has 0 fully saturated rings. The first-order chi connectivity index (χ1) is 9.90. The molecule has 0 aromatic carbocycles. The van der Waals surface area contributed by atoms with E-state index >= 15 is 0 Å². The summed E-state index contributed by atoms with van der Waals surface area (Å²) in [6, 6.07) is 0.164.